The second-order valence-electron chi connectivity index (χ2n) is 14.4. The summed E-state index contributed by atoms with van der Waals surface area (Å²) >= 11 is 0. The number of β-amino-alcohol motifs (C(OH)–C–C–N with tert-alkyl or cyclic N) is 1. The molecule has 0 spiro atoms. The van der Waals surface area contributed by atoms with E-state index < -0.39 is 41.6 Å². The van der Waals surface area contributed by atoms with Crippen LogP contribution in [0, 0.1) is 46.8 Å². The number of aliphatic carboxylic acids is 1. The third kappa shape index (κ3) is 5.37. The topological polar surface area (TPSA) is 149 Å². The first kappa shape index (κ1) is 31.5. The molecule has 4 fully saturated rings. The summed E-state index contributed by atoms with van der Waals surface area (Å²) in [5, 5.41) is 37.6. The summed E-state index contributed by atoms with van der Waals surface area (Å²) < 4.78 is 0. The molecule has 0 bridgehead atoms. The molecule has 10 nitrogen and oxygen atoms in total. The van der Waals surface area contributed by atoms with Crippen LogP contribution in [0.4, 0.5) is 0 Å². The van der Waals surface area contributed by atoms with Crippen molar-refractivity contribution in [2.75, 3.05) is 13.2 Å². The van der Waals surface area contributed by atoms with Crippen LogP contribution >= 0.6 is 0 Å². The Bertz CT molecular complexity index is 1260. The lowest BCUT2D eigenvalue weighted by molar-refractivity contribution is -0.150. The fourth-order valence-electron chi connectivity index (χ4n) is 9.27. The maximum absolute atomic E-state index is 13.1. The summed E-state index contributed by atoms with van der Waals surface area (Å²) in [6.45, 7) is 7.66. The Kier molecular flexibility index (Phi) is 8.47. The first-order valence-electron chi connectivity index (χ1n) is 15.8. The van der Waals surface area contributed by atoms with Crippen LogP contribution in [-0.2, 0) is 19.2 Å². The van der Waals surface area contributed by atoms with Gasteiger partial charge in [0, 0.05) is 18.4 Å². The second-order valence-corrected chi connectivity index (χ2v) is 14.4. The summed E-state index contributed by atoms with van der Waals surface area (Å²) in [4.78, 5) is 44.0. The fourth-order valence-corrected chi connectivity index (χ4v) is 9.27. The third-order valence-corrected chi connectivity index (χ3v) is 11.8. The Morgan fingerprint density at radius 1 is 1.16 bits per heavy atom. The number of carboxylic acid groups (broad SMARTS) is 1. The van der Waals surface area contributed by atoms with Gasteiger partial charge in [0.05, 0.1) is 11.8 Å². The van der Waals surface area contributed by atoms with Gasteiger partial charge in [0.1, 0.15) is 17.7 Å². The normalized spacial score (nSPS) is 40.1. The summed E-state index contributed by atoms with van der Waals surface area (Å²) in [5.74, 6) is 1.75. The van der Waals surface area contributed by atoms with Gasteiger partial charge in [-0.2, -0.15) is 0 Å². The minimum absolute atomic E-state index is 0.0362. The molecule has 3 saturated carbocycles. The zero-order chi connectivity index (χ0) is 31.3. The molecule has 43 heavy (non-hydrogen) atoms. The molecule has 9 atom stereocenters. The minimum Gasteiger partial charge on any atom is -0.480 e. The zero-order valence-corrected chi connectivity index (χ0v) is 25.8. The van der Waals surface area contributed by atoms with Crippen molar-refractivity contribution in [3.8, 4) is 12.3 Å². The SMILES string of the molecule is C#C[C@@]1(O)CC[C@@H]2[C@@H]3CCC4=C/C(=N\OCC(=O)N[C@H](C(=O)N5C[C@H](O)C[C@H]5C(=O)O)C(C)C)CC[C@]4(C)[C@@H]3CC[C@@]21C. The van der Waals surface area contributed by atoms with E-state index in [1.165, 1.54) is 5.57 Å². The highest BCUT2D eigenvalue weighted by molar-refractivity contribution is 5.96. The third-order valence-electron chi connectivity index (χ3n) is 11.8. The molecule has 1 aliphatic heterocycles. The van der Waals surface area contributed by atoms with Gasteiger partial charge in [0.25, 0.3) is 5.91 Å². The van der Waals surface area contributed by atoms with Crippen LogP contribution in [0.5, 0.6) is 0 Å². The average Bonchev–Trinajstić information content (AvgIpc) is 3.48. The van der Waals surface area contributed by atoms with Crippen molar-refractivity contribution in [3.63, 3.8) is 0 Å². The summed E-state index contributed by atoms with van der Waals surface area (Å²) in [7, 11) is 0. The predicted molar refractivity (Wildman–Crippen MR) is 159 cm³/mol. The summed E-state index contributed by atoms with van der Waals surface area (Å²) in [5.41, 5.74) is 1.03. The number of carbonyl (C=O) groups excluding carboxylic acids is 2. The number of oxime groups is 1. The Morgan fingerprint density at radius 2 is 1.88 bits per heavy atom. The van der Waals surface area contributed by atoms with Gasteiger partial charge in [0.15, 0.2) is 6.61 Å². The van der Waals surface area contributed by atoms with Crippen LogP contribution in [0.3, 0.4) is 0 Å². The molecule has 0 radical (unpaired) electrons. The number of carboxylic acids is 1. The van der Waals surface area contributed by atoms with E-state index in [2.05, 4.69) is 36.3 Å². The monoisotopic (exact) mass is 597 g/mol. The number of hydrogen-bond donors (Lipinski definition) is 4. The van der Waals surface area contributed by atoms with Gasteiger partial charge in [0.2, 0.25) is 5.91 Å². The highest BCUT2D eigenvalue weighted by Crippen LogP contribution is 2.67. The molecule has 4 N–H and O–H groups in total. The number of hydrogen-bond acceptors (Lipinski definition) is 7. The molecule has 0 aromatic rings. The van der Waals surface area contributed by atoms with Gasteiger partial charge in [-0.3, -0.25) is 9.59 Å². The number of aliphatic hydroxyl groups is 2. The molecule has 10 heteroatoms. The standard InChI is InChI=1S/C33H47N3O7/c1-6-33(42)14-11-25-23-8-7-20-15-21(9-12-31(20,4)24(23)10-13-32(25,33)5)35-43-18-27(38)34-28(19(2)3)29(39)36-17-22(37)16-26(36)30(40)41/h1,15,19,22-26,28,37,42H,7-14,16-18H2,2-5H3,(H,34,38)(H,40,41)/b35-21-/t22-,23-,24-,25-,26+,28+,31+,32+,33-/m1/s1. The van der Waals surface area contributed by atoms with E-state index >= 15 is 0 Å². The average molecular weight is 598 g/mol. The van der Waals surface area contributed by atoms with Gasteiger partial charge in [-0.05, 0) is 86.5 Å². The molecular weight excluding hydrogens is 550 g/mol. The molecule has 4 aliphatic carbocycles. The molecule has 2 amide bonds. The molecule has 1 saturated heterocycles. The fraction of sp³-hybridized carbons (Fsp3) is 0.758. The van der Waals surface area contributed by atoms with Gasteiger partial charge in [-0.15, -0.1) is 6.42 Å². The molecular formula is C33H47N3O7. The van der Waals surface area contributed by atoms with Crippen LogP contribution in [-0.4, -0.2) is 80.7 Å². The van der Waals surface area contributed by atoms with Crippen molar-refractivity contribution >= 4 is 23.5 Å². The summed E-state index contributed by atoms with van der Waals surface area (Å²) in [6, 6.07) is -2.07. The quantitative estimate of drug-likeness (QED) is 0.261. The first-order valence-corrected chi connectivity index (χ1v) is 15.8. The lowest BCUT2D eigenvalue weighted by atomic mass is 9.46. The van der Waals surface area contributed by atoms with Crippen molar-refractivity contribution in [2.24, 2.45) is 39.7 Å². The predicted octanol–water partition coefficient (Wildman–Crippen LogP) is 2.87. The number of rotatable bonds is 7. The van der Waals surface area contributed by atoms with Crippen LogP contribution in [0.1, 0.15) is 85.5 Å². The van der Waals surface area contributed by atoms with Crippen LogP contribution in [0.25, 0.3) is 0 Å². The van der Waals surface area contributed by atoms with Crippen molar-refractivity contribution in [2.45, 2.75) is 109 Å². The van der Waals surface area contributed by atoms with Crippen molar-refractivity contribution < 1.29 is 34.5 Å². The van der Waals surface area contributed by atoms with Crippen molar-refractivity contribution in [1.82, 2.24) is 10.2 Å². The zero-order valence-electron chi connectivity index (χ0n) is 25.8. The number of amides is 2. The van der Waals surface area contributed by atoms with E-state index in [1.807, 2.05) is 0 Å². The van der Waals surface area contributed by atoms with E-state index in [9.17, 15) is 29.7 Å². The van der Waals surface area contributed by atoms with Crippen molar-refractivity contribution in [3.05, 3.63) is 11.6 Å². The molecule has 0 unspecified atom stereocenters. The van der Waals surface area contributed by atoms with E-state index in [1.54, 1.807) is 13.8 Å². The van der Waals surface area contributed by atoms with Gasteiger partial charge < -0.3 is 30.4 Å². The lowest BCUT2D eigenvalue weighted by Crippen LogP contribution is -2.54. The van der Waals surface area contributed by atoms with E-state index in [0.717, 1.165) is 55.6 Å². The molecule has 0 aromatic heterocycles. The van der Waals surface area contributed by atoms with Crippen LogP contribution < -0.4 is 5.32 Å². The number of aliphatic hydroxyl groups excluding tert-OH is 1. The Morgan fingerprint density at radius 3 is 2.56 bits per heavy atom. The van der Waals surface area contributed by atoms with Crippen LogP contribution in [0.2, 0.25) is 0 Å². The van der Waals surface area contributed by atoms with Gasteiger partial charge in [-0.25, -0.2) is 4.79 Å². The Balaban J connectivity index is 1.19. The molecule has 5 rings (SSSR count). The highest BCUT2D eigenvalue weighted by Gasteiger charge is 2.63. The van der Waals surface area contributed by atoms with E-state index in [0.29, 0.717) is 24.2 Å². The van der Waals surface area contributed by atoms with Crippen LogP contribution in [0.15, 0.2) is 16.8 Å². The summed E-state index contributed by atoms with van der Waals surface area (Å²) in [6.07, 6.45) is 14.4. The van der Waals surface area contributed by atoms with E-state index in [-0.39, 0.29) is 36.3 Å². The second kappa shape index (κ2) is 11.6. The molecule has 0 aromatic carbocycles. The van der Waals surface area contributed by atoms with Gasteiger partial charge in [-0.1, -0.05) is 44.3 Å². The first-order chi connectivity index (χ1) is 20.2. The lowest BCUT2D eigenvalue weighted by Gasteiger charge is -2.58. The number of allylic oxidation sites excluding steroid dienone is 2. The number of nitrogens with zero attached hydrogens (tertiary/aromatic N) is 2. The maximum Gasteiger partial charge on any atom is 0.326 e. The molecule has 236 valence electrons. The number of nitrogens with one attached hydrogen (secondary N) is 1. The number of terminal acetylenes is 1. The number of carbonyl (C=O) groups is 3. The molecule has 1 heterocycles. The van der Waals surface area contributed by atoms with Gasteiger partial charge >= 0.3 is 5.97 Å². The maximum atomic E-state index is 13.1. The number of fused-ring (bicyclic) bond motifs is 5. The number of likely N-dealkylation sites (tertiary alicyclic amines) is 1. The highest BCUT2D eigenvalue weighted by atomic mass is 16.6. The van der Waals surface area contributed by atoms with E-state index in [4.69, 9.17) is 11.3 Å². The van der Waals surface area contributed by atoms with Crippen molar-refractivity contribution in [1.29, 1.82) is 0 Å². The Labute approximate surface area is 254 Å². The smallest absolute Gasteiger partial charge is 0.326 e. The molecule has 5 aliphatic rings. The minimum atomic E-state index is -1.18. The Hall–Kier alpha value is -2.90. The largest absolute Gasteiger partial charge is 0.480 e.